The Morgan fingerprint density at radius 2 is 1.94 bits per heavy atom. The first kappa shape index (κ1) is 16.8. The van der Waals surface area contributed by atoms with Crippen LogP contribution in [0.3, 0.4) is 0 Å². The normalized spacial score (nSPS) is 12.4. The van der Waals surface area contributed by atoms with Crippen LogP contribution in [-0.2, 0) is 9.53 Å². The van der Waals surface area contributed by atoms with Gasteiger partial charge in [-0.05, 0) is 25.0 Å². The van der Waals surface area contributed by atoms with Crippen LogP contribution in [0.5, 0.6) is 0 Å². The van der Waals surface area contributed by atoms with Gasteiger partial charge >= 0.3 is 5.97 Å². The zero-order valence-electron chi connectivity index (χ0n) is 11.0. The fourth-order valence-electron chi connectivity index (χ4n) is 1.35. The van der Waals surface area contributed by atoms with Gasteiger partial charge in [-0.25, -0.2) is 0 Å². The average molecular weight is 264 g/mol. The van der Waals surface area contributed by atoms with E-state index >= 15 is 0 Å². The summed E-state index contributed by atoms with van der Waals surface area (Å²) in [7, 11) is 0. The molecule has 1 unspecified atom stereocenters. The van der Waals surface area contributed by atoms with Crippen molar-refractivity contribution in [3.05, 3.63) is 0 Å². The number of ether oxygens (including phenoxy) is 1. The number of carbonyl (C=O) groups excluding carboxylic acids is 1. The third kappa shape index (κ3) is 9.45. The molecule has 0 bridgehead atoms. The molecule has 102 valence electrons. The molecular formula is C13H25FO2S. The Morgan fingerprint density at radius 3 is 2.53 bits per heavy atom. The van der Waals surface area contributed by atoms with Gasteiger partial charge in [0.05, 0.1) is 13.3 Å². The summed E-state index contributed by atoms with van der Waals surface area (Å²) in [5, 5.41) is -0.0987. The lowest BCUT2D eigenvalue weighted by molar-refractivity contribution is -0.143. The van der Waals surface area contributed by atoms with Crippen molar-refractivity contribution in [2.45, 2.75) is 57.6 Å². The van der Waals surface area contributed by atoms with Crippen molar-refractivity contribution in [3.63, 3.8) is 0 Å². The second-order valence-corrected chi connectivity index (χ2v) is 5.38. The lowest BCUT2D eigenvalue weighted by atomic mass is 10.2. The fraction of sp³-hybridized carbons (Fsp3) is 0.923. The molecule has 0 rings (SSSR count). The van der Waals surface area contributed by atoms with Gasteiger partial charge < -0.3 is 4.74 Å². The lowest BCUT2D eigenvalue weighted by Crippen LogP contribution is -2.21. The van der Waals surface area contributed by atoms with Gasteiger partial charge in [0.1, 0.15) is 5.25 Å². The van der Waals surface area contributed by atoms with Gasteiger partial charge in [0.25, 0.3) is 0 Å². The summed E-state index contributed by atoms with van der Waals surface area (Å²) in [6.45, 7) is 4.38. The molecule has 0 aromatic heterocycles. The van der Waals surface area contributed by atoms with Crippen molar-refractivity contribution in [2.75, 3.05) is 19.0 Å². The molecule has 0 aromatic carbocycles. The van der Waals surface area contributed by atoms with Gasteiger partial charge in [-0.1, -0.05) is 33.1 Å². The topological polar surface area (TPSA) is 26.3 Å². The number of rotatable bonds is 11. The van der Waals surface area contributed by atoms with Gasteiger partial charge in [-0.2, -0.15) is 0 Å². The smallest absolute Gasteiger partial charge is 0.319 e. The molecule has 0 aliphatic rings. The minimum atomic E-state index is -0.307. The maximum Gasteiger partial charge on any atom is 0.319 e. The van der Waals surface area contributed by atoms with Crippen molar-refractivity contribution >= 4 is 17.7 Å². The zero-order chi connectivity index (χ0) is 12.9. The van der Waals surface area contributed by atoms with Gasteiger partial charge in [0.15, 0.2) is 0 Å². The first-order chi connectivity index (χ1) is 8.26. The van der Waals surface area contributed by atoms with E-state index in [0.29, 0.717) is 18.8 Å². The fourth-order valence-corrected chi connectivity index (χ4v) is 2.45. The summed E-state index contributed by atoms with van der Waals surface area (Å²) in [5.74, 6) is 0.587. The molecular weight excluding hydrogens is 239 g/mol. The highest BCUT2D eigenvalue weighted by Crippen LogP contribution is 2.20. The van der Waals surface area contributed by atoms with E-state index < -0.39 is 0 Å². The molecule has 0 spiro atoms. The third-order valence-electron chi connectivity index (χ3n) is 2.42. The standard InChI is InChI=1S/C13H25FO2S/c1-3-5-8-12(17-11-7-9-14)13(15)16-10-6-4-2/h12H,3-11H2,1-2H3. The molecule has 0 heterocycles. The second kappa shape index (κ2) is 12.2. The zero-order valence-corrected chi connectivity index (χ0v) is 11.9. The first-order valence-electron chi connectivity index (χ1n) is 6.60. The first-order valence-corrected chi connectivity index (χ1v) is 7.65. The van der Waals surface area contributed by atoms with E-state index in [0.717, 1.165) is 32.1 Å². The second-order valence-electron chi connectivity index (χ2n) is 4.07. The summed E-state index contributed by atoms with van der Waals surface area (Å²) in [4.78, 5) is 11.8. The van der Waals surface area contributed by atoms with Crippen LogP contribution in [0.4, 0.5) is 4.39 Å². The SMILES string of the molecule is CCCCOC(=O)C(CCCC)SCCCF. The van der Waals surface area contributed by atoms with Crippen LogP contribution in [0.2, 0.25) is 0 Å². The molecule has 0 amide bonds. The molecule has 4 heteroatoms. The van der Waals surface area contributed by atoms with Gasteiger partial charge in [0, 0.05) is 0 Å². The van der Waals surface area contributed by atoms with E-state index in [1.54, 1.807) is 0 Å². The van der Waals surface area contributed by atoms with Crippen LogP contribution in [0, 0.1) is 0 Å². The van der Waals surface area contributed by atoms with Crippen LogP contribution in [-0.4, -0.2) is 30.3 Å². The minimum Gasteiger partial charge on any atom is -0.465 e. The minimum absolute atomic E-state index is 0.0987. The van der Waals surface area contributed by atoms with Gasteiger partial charge in [-0.15, -0.1) is 11.8 Å². The predicted octanol–water partition coefficient (Wildman–Crippen LogP) is 3.98. The van der Waals surface area contributed by atoms with E-state index in [1.807, 2.05) is 0 Å². The van der Waals surface area contributed by atoms with Crippen molar-refractivity contribution < 1.29 is 13.9 Å². The Hall–Kier alpha value is -0.250. The molecule has 0 aliphatic carbocycles. The van der Waals surface area contributed by atoms with Crippen LogP contribution in [0.25, 0.3) is 0 Å². The van der Waals surface area contributed by atoms with Crippen molar-refractivity contribution in [1.29, 1.82) is 0 Å². The lowest BCUT2D eigenvalue weighted by Gasteiger charge is -2.15. The Bertz CT molecular complexity index is 188. The molecule has 17 heavy (non-hydrogen) atoms. The number of hydrogen-bond donors (Lipinski definition) is 0. The summed E-state index contributed by atoms with van der Waals surface area (Å²) in [6.07, 6.45) is 5.41. The van der Waals surface area contributed by atoms with Crippen LogP contribution in [0.1, 0.15) is 52.4 Å². The molecule has 0 aromatic rings. The van der Waals surface area contributed by atoms with Crippen LogP contribution in [0.15, 0.2) is 0 Å². The molecule has 0 N–H and O–H groups in total. The Kier molecular flexibility index (Phi) is 12.0. The van der Waals surface area contributed by atoms with Gasteiger partial charge in [0.2, 0.25) is 0 Å². The van der Waals surface area contributed by atoms with Crippen molar-refractivity contribution in [2.24, 2.45) is 0 Å². The number of unbranched alkanes of at least 4 members (excludes halogenated alkanes) is 2. The average Bonchev–Trinajstić information content (AvgIpc) is 2.33. The number of esters is 1. The number of thioether (sulfide) groups is 1. The van der Waals surface area contributed by atoms with E-state index in [4.69, 9.17) is 4.74 Å². The number of carbonyl (C=O) groups is 1. The van der Waals surface area contributed by atoms with Crippen LogP contribution >= 0.6 is 11.8 Å². The molecule has 0 aliphatic heterocycles. The highest BCUT2D eigenvalue weighted by atomic mass is 32.2. The van der Waals surface area contributed by atoms with Crippen LogP contribution < -0.4 is 0 Å². The van der Waals surface area contributed by atoms with E-state index in [-0.39, 0.29) is 17.9 Å². The molecule has 0 saturated carbocycles. The summed E-state index contributed by atoms with van der Waals surface area (Å²) in [5.41, 5.74) is 0. The quantitative estimate of drug-likeness (QED) is 0.417. The third-order valence-corrected chi connectivity index (χ3v) is 3.78. The molecule has 0 radical (unpaired) electrons. The van der Waals surface area contributed by atoms with Gasteiger partial charge in [-0.3, -0.25) is 9.18 Å². The Labute approximate surface area is 109 Å². The van der Waals surface area contributed by atoms with Crippen molar-refractivity contribution in [1.82, 2.24) is 0 Å². The molecule has 2 nitrogen and oxygen atoms in total. The molecule has 0 fully saturated rings. The number of halogens is 1. The Balaban J connectivity index is 3.91. The molecule has 0 saturated heterocycles. The molecule has 1 atom stereocenters. The Morgan fingerprint density at radius 1 is 1.24 bits per heavy atom. The van der Waals surface area contributed by atoms with E-state index in [9.17, 15) is 9.18 Å². The maximum absolute atomic E-state index is 12.0. The summed E-state index contributed by atoms with van der Waals surface area (Å²) in [6, 6.07) is 0. The summed E-state index contributed by atoms with van der Waals surface area (Å²) < 4.78 is 17.2. The number of alkyl halides is 1. The van der Waals surface area contributed by atoms with E-state index in [2.05, 4.69) is 13.8 Å². The monoisotopic (exact) mass is 264 g/mol. The highest BCUT2D eigenvalue weighted by molar-refractivity contribution is 8.00. The predicted molar refractivity (Wildman–Crippen MR) is 72.2 cm³/mol. The highest BCUT2D eigenvalue weighted by Gasteiger charge is 2.19. The van der Waals surface area contributed by atoms with Crippen molar-refractivity contribution in [3.8, 4) is 0 Å². The largest absolute Gasteiger partial charge is 0.465 e. The maximum atomic E-state index is 12.0. The summed E-state index contributed by atoms with van der Waals surface area (Å²) >= 11 is 1.54. The number of hydrogen-bond acceptors (Lipinski definition) is 3. The van der Waals surface area contributed by atoms with E-state index in [1.165, 1.54) is 11.8 Å².